The summed E-state index contributed by atoms with van der Waals surface area (Å²) >= 11 is 2.94. The zero-order valence-electron chi connectivity index (χ0n) is 13.5. The molecular formula is C17H22N4OS2. The number of benzene rings is 1. The van der Waals surface area contributed by atoms with Gasteiger partial charge in [0.15, 0.2) is 4.34 Å². The Morgan fingerprint density at radius 3 is 2.75 bits per heavy atom. The highest BCUT2D eigenvalue weighted by molar-refractivity contribution is 8.01. The summed E-state index contributed by atoms with van der Waals surface area (Å²) < 4.78 is 0.823. The lowest BCUT2D eigenvalue weighted by Crippen LogP contribution is -2.37. The van der Waals surface area contributed by atoms with Gasteiger partial charge in [-0.25, -0.2) is 0 Å². The molecule has 1 aliphatic carbocycles. The van der Waals surface area contributed by atoms with Crippen molar-refractivity contribution in [2.24, 2.45) is 0 Å². The lowest BCUT2D eigenvalue weighted by molar-refractivity contribution is -0.119. The second-order valence-electron chi connectivity index (χ2n) is 5.90. The number of anilines is 1. The molecule has 0 unspecified atom stereocenters. The number of nitrogens with zero attached hydrogens (tertiary/aromatic N) is 2. The van der Waals surface area contributed by atoms with E-state index in [-0.39, 0.29) is 5.91 Å². The number of carbonyl (C=O) groups excluding carboxylic acids is 1. The third kappa shape index (κ3) is 5.49. The Morgan fingerprint density at radius 1 is 1.17 bits per heavy atom. The lowest BCUT2D eigenvalue weighted by atomic mass is 9.95. The van der Waals surface area contributed by atoms with Crippen molar-refractivity contribution in [2.45, 2.75) is 49.0 Å². The zero-order valence-corrected chi connectivity index (χ0v) is 15.2. The molecule has 5 nitrogen and oxygen atoms in total. The summed E-state index contributed by atoms with van der Waals surface area (Å²) in [6.45, 7) is 0.725. The van der Waals surface area contributed by atoms with Gasteiger partial charge < -0.3 is 10.6 Å². The van der Waals surface area contributed by atoms with Crippen LogP contribution in [-0.4, -0.2) is 27.9 Å². The summed E-state index contributed by atoms with van der Waals surface area (Å²) in [5, 5.41) is 15.4. The molecule has 1 amide bonds. The summed E-state index contributed by atoms with van der Waals surface area (Å²) in [5.41, 5.74) is 1.20. The molecule has 1 heterocycles. The van der Waals surface area contributed by atoms with E-state index in [1.54, 1.807) is 0 Å². The maximum atomic E-state index is 12.0. The van der Waals surface area contributed by atoms with Crippen LogP contribution in [0.25, 0.3) is 0 Å². The Morgan fingerprint density at radius 2 is 1.96 bits per heavy atom. The molecule has 0 bridgehead atoms. The number of thioether (sulfide) groups is 1. The number of rotatable bonds is 7. The molecule has 1 fully saturated rings. The van der Waals surface area contributed by atoms with Crippen molar-refractivity contribution in [2.75, 3.05) is 11.1 Å². The number of hydrogen-bond donors (Lipinski definition) is 2. The fraction of sp³-hybridized carbons (Fsp3) is 0.471. The molecule has 0 radical (unpaired) electrons. The topological polar surface area (TPSA) is 66.9 Å². The van der Waals surface area contributed by atoms with Gasteiger partial charge in [0.1, 0.15) is 0 Å². The van der Waals surface area contributed by atoms with E-state index < -0.39 is 0 Å². The fourth-order valence-corrected chi connectivity index (χ4v) is 4.32. The van der Waals surface area contributed by atoms with Crippen molar-refractivity contribution in [3.05, 3.63) is 35.9 Å². The van der Waals surface area contributed by atoms with Crippen molar-refractivity contribution in [1.29, 1.82) is 0 Å². The summed E-state index contributed by atoms with van der Waals surface area (Å²) in [5.74, 6) is 0.505. The predicted molar refractivity (Wildman–Crippen MR) is 99.4 cm³/mol. The van der Waals surface area contributed by atoms with E-state index >= 15 is 0 Å². The minimum Gasteiger partial charge on any atom is -0.356 e. The first-order valence-corrected chi connectivity index (χ1v) is 10.1. The van der Waals surface area contributed by atoms with Crippen LogP contribution in [0.1, 0.15) is 37.7 Å². The maximum absolute atomic E-state index is 12.0. The summed E-state index contributed by atoms with van der Waals surface area (Å²) in [7, 11) is 0. The molecule has 128 valence electrons. The van der Waals surface area contributed by atoms with Crippen LogP contribution in [-0.2, 0) is 11.3 Å². The lowest BCUT2D eigenvalue weighted by Gasteiger charge is -2.22. The fourth-order valence-electron chi connectivity index (χ4n) is 2.76. The van der Waals surface area contributed by atoms with Gasteiger partial charge in [0.05, 0.1) is 5.75 Å². The first kappa shape index (κ1) is 17.2. The molecule has 1 aromatic heterocycles. The molecule has 7 heteroatoms. The standard InChI is InChI=1S/C17H22N4OS2/c22-15(19-14-9-5-2-6-10-14)12-23-17-21-20-16(24-17)18-11-13-7-3-1-4-8-13/h1,3-4,7-8,14H,2,5-6,9-12H2,(H,18,20)(H,19,22). The molecule has 0 saturated heterocycles. The van der Waals surface area contributed by atoms with Crippen molar-refractivity contribution in [1.82, 2.24) is 15.5 Å². The van der Waals surface area contributed by atoms with Crippen LogP contribution in [0.3, 0.4) is 0 Å². The molecule has 0 atom stereocenters. The van der Waals surface area contributed by atoms with Gasteiger partial charge in [0, 0.05) is 12.6 Å². The monoisotopic (exact) mass is 362 g/mol. The first-order valence-electron chi connectivity index (χ1n) is 8.33. The van der Waals surface area contributed by atoms with E-state index in [1.807, 2.05) is 18.2 Å². The molecule has 3 rings (SSSR count). The maximum Gasteiger partial charge on any atom is 0.230 e. The Labute approximate surface area is 150 Å². The van der Waals surface area contributed by atoms with Crippen LogP contribution in [0.2, 0.25) is 0 Å². The van der Waals surface area contributed by atoms with Gasteiger partial charge in [0.2, 0.25) is 11.0 Å². The first-order chi connectivity index (χ1) is 11.8. The van der Waals surface area contributed by atoms with Gasteiger partial charge in [-0.3, -0.25) is 4.79 Å². The summed E-state index contributed by atoms with van der Waals surface area (Å²) in [6, 6.07) is 10.5. The molecular weight excluding hydrogens is 340 g/mol. The highest BCUT2D eigenvalue weighted by Gasteiger charge is 2.16. The largest absolute Gasteiger partial charge is 0.356 e. The van der Waals surface area contributed by atoms with Crippen molar-refractivity contribution < 1.29 is 4.79 Å². The molecule has 0 spiro atoms. The van der Waals surface area contributed by atoms with E-state index in [9.17, 15) is 4.79 Å². The van der Waals surface area contributed by atoms with Gasteiger partial charge in [-0.2, -0.15) is 0 Å². The Bertz CT molecular complexity index is 641. The Balaban J connectivity index is 1.40. The number of amides is 1. The highest BCUT2D eigenvalue weighted by atomic mass is 32.2. The highest BCUT2D eigenvalue weighted by Crippen LogP contribution is 2.26. The molecule has 1 aliphatic rings. The second-order valence-corrected chi connectivity index (χ2v) is 8.10. The molecule has 0 aliphatic heterocycles. The van der Waals surface area contributed by atoms with Crippen LogP contribution in [0, 0.1) is 0 Å². The van der Waals surface area contributed by atoms with Crippen LogP contribution < -0.4 is 10.6 Å². The number of hydrogen-bond acceptors (Lipinski definition) is 6. The van der Waals surface area contributed by atoms with Crippen molar-refractivity contribution >= 4 is 34.1 Å². The van der Waals surface area contributed by atoms with Gasteiger partial charge in [0.25, 0.3) is 0 Å². The van der Waals surface area contributed by atoms with E-state index in [0.29, 0.717) is 11.8 Å². The molecule has 2 aromatic rings. The van der Waals surface area contributed by atoms with Crippen LogP contribution in [0.15, 0.2) is 34.7 Å². The quantitative estimate of drug-likeness (QED) is 0.735. The van der Waals surface area contributed by atoms with E-state index in [2.05, 4.69) is 33.0 Å². The van der Waals surface area contributed by atoms with E-state index in [4.69, 9.17) is 0 Å². The van der Waals surface area contributed by atoms with Gasteiger partial charge in [-0.1, -0.05) is 72.7 Å². The second kappa shape index (κ2) is 9.03. The van der Waals surface area contributed by atoms with E-state index in [0.717, 1.165) is 28.9 Å². The molecule has 1 aromatic carbocycles. The average molecular weight is 363 g/mol. The number of aromatic nitrogens is 2. The van der Waals surface area contributed by atoms with Crippen LogP contribution in [0.4, 0.5) is 5.13 Å². The van der Waals surface area contributed by atoms with Crippen molar-refractivity contribution in [3.63, 3.8) is 0 Å². The third-order valence-electron chi connectivity index (χ3n) is 3.99. The summed E-state index contributed by atoms with van der Waals surface area (Å²) in [6.07, 6.45) is 5.98. The Hall–Kier alpha value is -1.60. The molecule has 24 heavy (non-hydrogen) atoms. The van der Waals surface area contributed by atoms with Gasteiger partial charge in [-0.05, 0) is 18.4 Å². The van der Waals surface area contributed by atoms with Gasteiger partial charge in [-0.15, -0.1) is 10.2 Å². The minimum atomic E-state index is 0.0981. The van der Waals surface area contributed by atoms with Gasteiger partial charge >= 0.3 is 0 Å². The third-order valence-corrected chi connectivity index (χ3v) is 6.00. The Kier molecular flexibility index (Phi) is 6.48. The van der Waals surface area contributed by atoms with Crippen molar-refractivity contribution in [3.8, 4) is 0 Å². The number of nitrogens with one attached hydrogen (secondary N) is 2. The van der Waals surface area contributed by atoms with Crippen LogP contribution >= 0.6 is 23.1 Å². The summed E-state index contributed by atoms with van der Waals surface area (Å²) in [4.78, 5) is 12.0. The SMILES string of the molecule is O=C(CSc1nnc(NCc2ccccc2)s1)NC1CCCCC1. The van der Waals surface area contributed by atoms with E-state index in [1.165, 1.54) is 47.9 Å². The van der Waals surface area contributed by atoms with Crippen LogP contribution in [0.5, 0.6) is 0 Å². The smallest absolute Gasteiger partial charge is 0.230 e. The molecule has 2 N–H and O–H groups in total. The average Bonchev–Trinajstić information content (AvgIpc) is 3.08. The zero-order chi connectivity index (χ0) is 16.6. The molecule has 1 saturated carbocycles. The number of carbonyl (C=O) groups is 1. The minimum absolute atomic E-state index is 0.0981. The normalized spacial score (nSPS) is 15.2. The predicted octanol–water partition coefficient (Wildman–Crippen LogP) is 3.69.